The van der Waals surface area contributed by atoms with Crippen LogP contribution in [-0.2, 0) is 17.8 Å². The van der Waals surface area contributed by atoms with Gasteiger partial charge in [0.25, 0.3) is 0 Å². The number of primary amides is 1. The van der Waals surface area contributed by atoms with E-state index in [1.807, 2.05) is 20.8 Å². The third-order valence-electron chi connectivity index (χ3n) is 2.81. The van der Waals surface area contributed by atoms with Gasteiger partial charge in [0.2, 0.25) is 11.8 Å². The maximum atomic E-state index is 11.5. The quantitative estimate of drug-likeness (QED) is 0.757. The van der Waals surface area contributed by atoms with Crippen LogP contribution < -0.4 is 11.1 Å². The predicted octanol–water partition coefficient (Wildman–Crippen LogP) is 1.01. The predicted molar refractivity (Wildman–Crippen MR) is 67.6 cm³/mol. The van der Waals surface area contributed by atoms with E-state index in [1.54, 1.807) is 6.92 Å². The Morgan fingerprint density at radius 1 is 1.56 bits per heavy atom. The van der Waals surface area contributed by atoms with E-state index in [-0.39, 0.29) is 5.91 Å². The standard InChI is InChI=1S/C12H22N4O2/c1-5-10-15-9(16-18-10)7-14-12(4,11(13)17)6-8(2)3/h8,14H,5-7H2,1-4H3,(H2,13,17). The molecule has 1 heterocycles. The summed E-state index contributed by atoms with van der Waals surface area (Å²) in [6.45, 7) is 8.21. The molecule has 0 spiro atoms. The molecule has 6 nitrogen and oxygen atoms in total. The Bertz CT molecular complexity index is 403. The van der Waals surface area contributed by atoms with Crippen molar-refractivity contribution in [2.24, 2.45) is 11.7 Å². The molecule has 1 rings (SSSR count). The van der Waals surface area contributed by atoms with Crippen LogP contribution in [-0.4, -0.2) is 21.6 Å². The van der Waals surface area contributed by atoms with Crippen molar-refractivity contribution in [2.75, 3.05) is 0 Å². The van der Waals surface area contributed by atoms with E-state index in [1.165, 1.54) is 0 Å². The zero-order valence-corrected chi connectivity index (χ0v) is 11.5. The van der Waals surface area contributed by atoms with Crippen LogP contribution in [0.1, 0.15) is 45.8 Å². The van der Waals surface area contributed by atoms with Gasteiger partial charge in [-0.25, -0.2) is 0 Å². The van der Waals surface area contributed by atoms with E-state index in [9.17, 15) is 4.79 Å². The van der Waals surface area contributed by atoms with E-state index >= 15 is 0 Å². The lowest BCUT2D eigenvalue weighted by Crippen LogP contribution is -2.53. The number of nitrogens with two attached hydrogens (primary N) is 1. The van der Waals surface area contributed by atoms with Crippen molar-refractivity contribution in [1.82, 2.24) is 15.5 Å². The Balaban J connectivity index is 2.64. The van der Waals surface area contributed by atoms with E-state index in [0.29, 0.717) is 37.0 Å². The number of amides is 1. The van der Waals surface area contributed by atoms with Gasteiger partial charge in [0.05, 0.1) is 12.1 Å². The fourth-order valence-corrected chi connectivity index (χ4v) is 1.86. The fourth-order valence-electron chi connectivity index (χ4n) is 1.86. The topological polar surface area (TPSA) is 94.0 Å². The largest absolute Gasteiger partial charge is 0.368 e. The number of nitrogens with zero attached hydrogens (tertiary/aromatic N) is 2. The molecule has 0 saturated carbocycles. The molecule has 1 aromatic heterocycles. The molecule has 0 aliphatic carbocycles. The molecule has 0 fully saturated rings. The lowest BCUT2D eigenvalue weighted by Gasteiger charge is -2.28. The van der Waals surface area contributed by atoms with Gasteiger partial charge in [-0.05, 0) is 19.3 Å². The number of aromatic nitrogens is 2. The molecule has 1 aromatic rings. The molecule has 0 bridgehead atoms. The lowest BCUT2D eigenvalue weighted by atomic mass is 9.90. The first-order chi connectivity index (χ1) is 8.37. The summed E-state index contributed by atoms with van der Waals surface area (Å²) < 4.78 is 5.00. The van der Waals surface area contributed by atoms with E-state index in [2.05, 4.69) is 15.5 Å². The molecule has 1 amide bonds. The average Bonchev–Trinajstić information content (AvgIpc) is 2.73. The van der Waals surface area contributed by atoms with Crippen LogP contribution in [0, 0.1) is 5.92 Å². The van der Waals surface area contributed by atoms with Crippen molar-refractivity contribution in [3.63, 3.8) is 0 Å². The molecular formula is C12H22N4O2. The minimum atomic E-state index is -0.749. The van der Waals surface area contributed by atoms with E-state index in [0.717, 1.165) is 0 Å². The highest BCUT2D eigenvalue weighted by atomic mass is 16.5. The first-order valence-corrected chi connectivity index (χ1v) is 6.23. The number of hydrogen-bond acceptors (Lipinski definition) is 5. The first-order valence-electron chi connectivity index (χ1n) is 6.23. The van der Waals surface area contributed by atoms with Gasteiger partial charge in [-0.1, -0.05) is 25.9 Å². The summed E-state index contributed by atoms with van der Waals surface area (Å²) in [4.78, 5) is 15.7. The molecule has 0 saturated heterocycles. The Hall–Kier alpha value is -1.43. The second kappa shape index (κ2) is 5.95. The number of carbonyl (C=O) groups is 1. The Morgan fingerprint density at radius 3 is 2.67 bits per heavy atom. The zero-order chi connectivity index (χ0) is 13.8. The monoisotopic (exact) mass is 254 g/mol. The SMILES string of the molecule is CCc1nc(CNC(C)(CC(C)C)C(N)=O)no1. The molecule has 0 aliphatic rings. The van der Waals surface area contributed by atoms with Crippen molar-refractivity contribution >= 4 is 5.91 Å². The minimum absolute atomic E-state index is 0.365. The molecule has 0 aromatic carbocycles. The summed E-state index contributed by atoms with van der Waals surface area (Å²) in [5.41, 5.74) is 4.70. The van der Waals surface area contributed by atoms with Crippen LogP contribution in [0.15, 0.2) is 4.52 Å². The lowest BCUT2D eigenvalue weighted by molar-refractivity contribution is -0.124. The molecule has 6 heteroatoms. The van der Waals surface area contributed by atoms with Gasteiger partial charge in [-0.15, -0.1) is 0 Å². The van der Waals surface area contributed by atoms with Crippen molar-refractivity contribution in [1.29, 1.82) is 0 Å². The van der Waals surface area contributed by atoms with Crippen LogP contribution in [0.3, 0.4) is 0 Å². The smallest absolute Gasteiger partial charge is 0.237 e. The van der Waals surface area contributed by atoms with Crippen molar-refractivity contribution < 1.29 is 9.32 Å². The first kappa shape index (κ1) is 14.6. The second-order valence-corrected chi connectivity index (χ2v) is 5.11. The highest BCUT2D eigenvalue weighted by Crippen LogP contribution is 2.16. The van der Waals surface area contributed by atoms with Gasteiger partial charge in [-0.3, -0.25) is 10.1 Å². The van der Waals surface area contributed by atoms with Crippen LogP contribution in [0.2, 0.25) is 0 Å². The summed E-state index contributed by atoms with van der Waals surface area (Å²) in [7, 11) is 0. The van der Waals surface area contributed by atoms with Gasteiger partial charge in [-0.2, -0.15) is 4.98 Å². The second-order valence-electron chi connectivity index (χ2n) is 5.11. The summed E-state index contributed by atoms with van der Waals surface area (Å²) in [6, 6.07) is 0. The zero-order valence-electron chi connectivity index (χ0n) is 11.5. The summed E-state index contributed by atoms with van der Waals surface area (Å²) in [5, 5.41) is 6.95. The van der Waals surface area contributed by atoms with Crippen LogP contribution in [0.25, 0.3) is 0 Å². The molecule has 3 N–H and O–H groups in total. The summed E-state index contributed by atoms with van der Waals surface area (Å²) in [6.07, 6.45) is 1.37. The number of aryl methyl sites for hydroxylation is 1. The Morgan fingerprint density at radius 2 is 2.22 bits per heavy atom. The van der Waals surface area contributed by atoms with E-state index < -0.39 is 5.54 Å². The van der Waals surface area contributed by atoms with Crippen molar-refractivity contribution in [3.05, 3.63) is 11.7 Å². The van der Waals surface area contributed by atoms with Crippen LogP contribution in [0.4, 0.5) is 0 Å². The normalized spacial score (nSPS) is 14.7. The van der Waals surface area contributed by atoms with Crippen molar-refractivity contribution in [3.8, 4) is 0 Å². The number of rotatable bonds is 7. The van der Waals surface area contributed by atoms with Crippen molar-refractivity contribution in [2.45, 2.75) is 52.6 Å². The number of nitrogens with one attached hydrogen (secondary N) is 1. The van der Waals surface area contributed by atoms with Crippen LogP contribution >= 0.6 is 0 Å². The third kappa shape index (κ3) is 3.80. The molecule has 1 unspecified atom stereocenters. The third-order valence-corrected chi connectivity index (χ3v) is 2.81. The molecule has 0 radical (unpaired) electrons. The maximum absolute atomic E-state index is 11.5. The Labute approximate surface area is 107 Å². The van der Waals surface area contributed by atoms with Gasteiger partial charge >= 0.3 is 0 Å². The molecular weight excluding hydrogens is 232 g/mol. The van der Waals surface area contributed by atoms with E-state index in [4.69, 9.17) is 10.3 Å². The fraction of sp³-hybridized carbons (Fsp3) is 0.750. The van der Waals surface area contributed by atoms with Gasteiger partial charge in [0, 0.05) is 6.42 Å². The molecule has 1 atom stereocenters. The summed E-state index contributed by atoms with van der Waals surface area (Å²) in [5.74, 6) is 1.14. The molecule has 102 valence electrons. The molecule has 0 aliphatic heterocycles. The number of hydrogen-bond donors (Lipinski definition) is 2. The maximum Gasteiger partial charge on any atom is 0.237 e. The highest BCUT2D eigenvalue weighted by molar-refractivity contribution is 5.84. The number of carbonyl (C=O) groups excluding carboxylic acids is 1. The summed E-state index contributed by atoms with van der Waals surface area (Å²) >= 11 is 0. The highest BCUT2D eigenvalue weighted by Gasteiger charge is 2.31. The van der Waals surface area contributed by atoms with Gasteiger partial charge < -0.3 is 10.3 Å². The van der Waals surface area contributed by atoms with Gasteiger partial charge in [0.1, 0.15) is 0 Å². The molecule has 18 heavy (non-hydrogen) atoms. The van der Waals surface area contributed by atoms with Crippen LogP contribution in [0.5, 0.6) is 0 Å². The minimum Gasteiger partial charge on any atom is -0.368 e. The van der Waals surface area contributed by atoms with Gasteiger partial charge in [0.15, 0.2) is 5.82 Å². The Kier molecular flexibility index (Phi) is 4.84. The average molecular weight is 254 g/mol.